The Morgan fingerprint density at radius 3 is 2.55 bits per heavy atom. The molecule has 1 amide bonds. The fourth-order valence-electron chi connectivity index (χ4n) is 3.16. The number of aromatic nitrogens is 1. The average molecular weight is 396 g/mol. The molecule has 0 aliphatic carbocycles. The van der Waals surface area contributed by atoms with E-state index in [1.165, 1.54) is 0 Å². The number of benzene rings is 2. The van der Waals surface area contributed by atoms with Gasteiger partial charge >= 0.3 is 5.97 Å². The first kappa shape index (κ1) is 20.4. The third kappa shape index (κ3) is 4.94. The zero-order valence-corrected chi connectivity index (χ0v) is 16.4. The van der Waals surface area contributed by atoms with Gasteiger partial charge in [0.2, 0.25) is 0 Å². The second kappa shape index (κ2) is 9.25. The molecule has 0 spiro atoms. The second-order valence-electron chi connectivity index (χ2n) is 6.69. The highest BCUT2D eigenvalue weighted by Crippen LogP contribution is 2.23. The molecule has 29 heavy (non-hydrogen) atoms. The van der Waals surface area contributed by atoms with Gasteiger partial charge in [-0.05, 0) is 30.7 Å². The number of methoxy groups -OCH3 is 1. The third-order valence-corrected chi connectivity index (χ3v) is 4.66. The lowest BCUT2D eigenvalue weighted by Gasteiger charge is -2.14. The lowest BCUT2D eigenvalue weighted by atomic mass is 10.1. The minimum Gasteiger partial charge on any atom is -0.482 e. The van der Waals surface area contributed by atoms with Crippen molar-refractivity contribution in [1.82, 2.24) is 9.88 Å². The van der Waals surface area contributed by atoms with Crippen molar-refractivity contribution in [1.29, 1.82) is 0 Å². The summed E-state index contributed by atoms with van der Waals surface area (Å²) >= 11 is 0. The van der Waals surface area contributed by atoms with Gasteiger partial charge in [-0.25, -0.2) is 4.79 Å². The summed E-state index contributed by atoms with van der Waals surface area (Å²) in [5.74, 6) is -0.716. The summed E-state index contributed by atoms with van der Waals surface area (Å²) in [6.45, 7) is 2.73. The number of nitrogens with zero attached hydrogens (tertiary/aromatic N) is 1. The average Bonchev–Trinajstić information content (AvgIpc) is 3.10. The number of fused-ring (bicyclic) bond motifs is 1. The first-order chi connectivity index (χ1) is 14.0. The number of hydrogen-bond acceptors (Lipinski definition) is 4. The molecule has 1 atom stereocenters. The maximum absolute atomic E-state index is 12.9. The molecule has 2 N–H and O–H groups in total. The van der Waals surface area contributed by atoms with Crippen LogP contribution < -0.4 is 10.1 Å². The first-order valence-corrected chi connectivity index (χ1v) is 9.32. The van der Waals surface area contributed by atoms with Crippen molar-refractivity contribution in [3.8, 4) is 5.75 Å². The van der Waals surface area contributed by atoms with E-state index >= 15 is 0 Å². The molecule has 0 aliphatic heterocycles. The summed E-state index contributed by atoms with van der Waals surface area (Å²) in [5.41, 5.74) is 2.50. The van der Waals surface area contributed by atoms with Crippen LogP contribution in [0.3, 0.4) is 0 Å². The van der Waals surface area contributed by atoms with Crippen LogP contribution in [-0.4, -0.2) is 41.9 Å². The Bertz CT molecular complexity index is 994. The predicted molar refractivity (Wildman–Crippen MR) is 109 cm³/mol. The van der Waals surface area contributed by atoms with Crippen molar-refractivity contribution < 1.29 is 24.2 Å². The molecule has 1 aromatic heterocycles. The van der Waals surface area contributed by atoms with Gasteiger partial charge in [0.05, 0.1) is 18.2 Å². The van der Waals surface area contributed by atoms with Crippen LogP contribution in [0.4, 0.5) is 0 Å². The Labute approximate surface area is 168 Å². The fourth-order valence-corrected chi connectivity index (χ4v) is 3.16. The highest BCUT2D eigenvalue weighted by Gasteiger charge is 2.17. The highest BCUT2D eigenvalue weighted by atomic mass is 16.5. The van der Waals surface area contributed by atoms with Crippen molar-refractivity contribution in [2.45, 2.75) is 19.5 Å². The van der Waals surface area contributed by atoms with E-state index < -0.39 is 12.6 Å². The van der Waals surface area contributed by atoms with Crippen molar-refractivity contribution >= 4 is 22.8 Å². The van der Waals surface area contributed by atoms with Gasteiger partial charge in [-0.1, -0.05) is 30.3 Å². The molecule has 7 heteroatoms. The Balaban J connectivity index is 1.73. The number of ether oxygens (including phenoxy) is 2. The molecule has 0 saturated heterocycles. The second-order valence-corrected chi connectivity index (χ2v) is 6.69. The zero-order chi connectivity index (χ0) is 20.8. The molecule has 152 valence electrons. The van der Waals surface area contributed by atoms with E-state index in [1.54, 1.807) is 19.2 Å². The summed E-state index contributed by atoms with van der Waals surface area (Å²) in [6.07, 6.45) is 1.86. The van der Waals surface area contributed by atoms with E-state index in [4.69, 9.17) is 14.6 Å². The number of nitrogens with one attached hydrogen (secondary N) is 1. The van der Waals surface area contributed by atoms with E-state index in [0.29, 0.717) is 24.5 Å². The third-order valence-electron chi connectivity index (χ3n) is 4.66. The summed E-state index contributed by atoms with van der Waals surface area (Å²) in [7, 11) is 1.65. The SMILES string of the molecule is COCCn1cc(C(=O)NC(C)c2ccc(OCC(=O)O)cc2)c2ccccc21. The normalized spacial score (nSPS) is 11.9. The molecular formula is C22H24N2O5. The Hall–Kier alpha value is -3.32. The maximum Gasteiger partial charge on any atom is 0.341 e. The molecule has 3 aromatic rings. The number of aliphatic carboxylic acids is 1. The van der Waals surface area contributed by atoms with E-state index in [0.717, 1.165) is 16.5 Å². The fraction of sp³-hybridized carbons (Fsp3) is 0.273. The molecule has 0 radical (unpaired) electrons. The monoisotopic (exact) mass is 396 g/mol. The zero-order valence-electron chi connectivity index (χ0n) is 16.4. The van der Waals surface area contributed by atoms with Crippen LogP contribution in [0, 0.1) is 0 Å². The van der Waals surface area contributed by atoms with E-state index in [2.05, 4.69) is 5.32 Å². The van der Waals surface area contributed by atoms with Crippen LogP contribution in [0.15, 0.2) is 54.7 Å². The Morgan fingerprint density at radius 1 is 1.14 bits per heavy atom. The van der Waals surface area contributed by atoms with Gasteiger partial charge in [-0.3, -0.25) is 4.79 Å². The quantitative estimate of drug-likeness (QED) is 0.580. The van der Waals surface area contributed by atoms with Gasteiger partial charge in [0.25, 0.3) is 5.91 Å². The molecule has 3 rings (SSSR count). The minimum absolute atomic E-state index is 0.156. The largest absolute Gasteiger partial charge is 0.482 e. The summed E-state index contributed by atoms with van der Waals surface area (Å²) in [5, 5.41) is 12.6. The van der Waals surface area contributed by atoms with Crippen LogP contribution >= 0.6 is 0 Å². The smallest absolute Gasteiger partial charge is 0.341 e. The lowest BCUT2D eigenvalue weighted by Crippen LogP contribution is -2.26. The molecular weight excluding hydrogens is 372 g/mol. The number of carbonyl (C=O) groups excluding carboxylic acids is 1. The molecule has 0 saturated carbocycles. The van der Waals surface area contributed by atoms with E-state index in [-0.39, 0.29) is 11.9 Å². The number of amides is 1. The van der Waals surface area contributed by atoms with Crippen LogP contribution in [0.1, 0.15) is 28.9 Å². The van der Waals surface area contributed by atoms with Crippen LogP contribution in [-0.2, 0) is 16.1 Å². The van der Waals surface area contributed by atoms with E-state index in [9.17, 15) is 9.59 Å². The molecule has 2 aromatic carbocycles. The predicted octanol–water partition coefficient (Wildman–Crippen LogP) is 3.24. The number of hydrogen-bond donors (Lipinski definition) is 2. The van der Waals surface area contributed by atoms with Crippen molar-refractivity contribution in [2.75, 3.05) is 20.3 Å². The van der Waals surface area contributed by atoms with Gasteiger partial charge in [0.15, 0.2) is 6.61 Å². The topological polar surface area (TPSA) is 89.8 Å². The van der Waals surface area contributed by atoms with Gasteiger partial charge in [-0.2, -0.15) is 0 Å². The summed E-state index contributed by atoms with van der Waals surface area (Å²) < 4.78 is 12.3. The van der Waals surface area contributed by atoms with Gasteiger partial charge in [0.1, 0.15) is 5.75 Å². The van der Waals surface area contributed by atoms with Crippen LogP contribution in [0.2, 0.25) is 0 Å². The first-order valence-electron chi connectivity index (χ1n) is 9.32. The van der Waals surface area contributed by atoms with Gasteiger partial charge in [-0.15, -0.1) is 0 Å². The van der Waals surface area contributed by atoms with E-state index in [1.807, 2.05) is 54.1 Å². The number of carbonyl (C=O) groups is 2. The molecule has 1 heterocycles. The molecule has 7 nitrogen and oxygen atoms in total. The van der Waals surface area contributed by atoms with Crippen molar-refractivity contribution in [3.63, 3.8) is 0 Å². The molecule has 0 fully saturated rings. The molecule has 0 bridgehead atoms. The minimum atomic E-state index is -1.03. The van der Waals surface area contributed by atoms with Gasteiger partial charge in [0, 0.05) is 30.8 Å². The Kier molecular flexibility index (Phi) is 6.51. The number of para-hydroxylation sites is 1. The molecule has 0 aliphatic rings. The highest BCUT2D eigenvalue weighted by molar-refractivity contribution is 6.07. The summed E-state index contributed by atoms with van der Waals surface area (Å²) in [6, 6.07) is 14.6. The van der Waals surface area contributed by atoms with Crippen LogP contribution in [0.25, 0.3) is 10.9 Å². The number of carboxylic acids is 1. The van der Waals surface area contributed by atoms with Crippen molar-refractivity contribution in [3.05, 3.63) is 65.9 Å². The molecule has 1 unspecified atom stereocenters. The number of rotatable bonds is 9. The van der Waals surface area contributed by atoms with Crippen molar-refractivity contribution in [2.24, 2.45) is 0 Å². The maximum atomic E-state index is 12.9. The van der Waals surface area contributed by atoms with Crippen LogP contribution in [0.5, 0.6) is 5.75 Å². The lowest BCUT2D eigenvalue weighted by molar-refractivity contribution is -0.139. The van der Waals surface area contributed by atoms with Gasteiger partial charge < -0.3 is 24.5 Å². The standard InChI is InChI=1S/C22H24N2O5/c1-15(16-7-9-17(10-8-16)29-14-21(25)26)23-22(27)19-13-24(11-12-28-2)20-6-4-3-5-18(19)20/h3-10,13,15H,11-12,14H2,1-2H3,(H,23,27)(H,25,26). The summed E-state index contributed by atoms with van der Waals surface area (Å²) in [4.78, 5) is 23.5. The number of carboxylic acid groups (broad SMARTS) is 1. The Morgan fingerprint density at radius 2 is 1.86 bits per heavy atom.